The fourth-order valence-electron chi connectivity index (χ4n) is 1.45. The molecule has 88 valence electrons. The van der Waals surface area contributed by atoms with Gasteiger partial charge in [0.1, 0.15) is 12.4 Å². The molecule has 2 rings (SSSR count). The molecular weight excluding hydrogens is 220 g/mol. The first kappa shape index (κ1) is 11.3. The molecule has 0 saturated heterocycles. The molecule has 17 heavy (non-hydrogen) atoms. The zero-order valence-corrected chi connectivity index (χ0v) is 9.11. The van der Waals surface area contributed by atoms with Crippen molar-refractivity contribution >= 4 is 17.3 Å². The number of rotatable bonds is 5. The van der Waals surface area contributed by atoms with E-state index in [0.717, 1.165) is 10.9 Å². The Balaban J connectivity index is 2.02. The topological polar surface area (TPSA) is 62.7 Å². The van der Waals surface area contributed by atoms with Crippen LogP contribution in [0.25, 0.3) is 10.9 Å². The fourth-order valence-corrected chi connectivity index (χ4v) is 1.45. The number of fused-ring (bicyclic) bond motifs is 1. The lowest BCUT2D eigenvalue weighted by molar-refractivity contribution is -0.150. The van der Waals surface area contributed by atoms with Crippen molar-refractivity contribution < 1.29 is 14.7 Å². The third-order valence-electron chi connectivity index (χ3n) is 2.29. The Morgan fingerprint density at radius 1 is 1.41 bits per heavy atom. The second-order valence-corrected chi connectivity index (χ2v) is 3.47. The van der Waals surface area contributed by atoms with E-state index in [1.807, 2.05) is 30.3 Å². The van der Waals surface area contributed by atoms with Gasteiger partial charge in [0.25, 0.3) is 0 Å². The van der Waals surface area contributed by atoms with Gasteiger partial charge in [-0.05, 0) is 18.2 Å². The van der Waals surface area contributed by atoms with Crippen LogP contribution in [0.5, 0.6) is 5.75 Å². The zero-order chi connectivity index (χ0) is 12.1. The first-order chi connectivity index (χ1) is 8.29. The van der Waals surface area contributed by atoms with Crippen molar-refractivity contribution in [3.8, 4) is 5.75 Å². The quantitative estimate of drug-likeness (QED) is 0.481. The molecule has 5 nitrogen and oxygen atoms in total. The molecule has 0 aliphatic heterocycles. The Bertz CT molecular complexity index is 516. The summed E-state index contributed by atoms with van der Waals surface area (Å²) in [5, 5.41) is 10.5. The molecule has 5 heteroatoms. The van der Waals surface area contributed by atoms with Gasteiger partial charge in [0, 0.05) is 17.6 Å². The average Bonchev–Trinajstić information content (AvgIpc) is 2.38. The maximum atomic E-state index is 10.1. The third kappa shape index (κ3) is 2.92. The van der Waals surface area contributed by atoms with Gasteiger partial charge in [-0.25, -0.2) is 5.06 Å². The minimum Gasteiger partial charge on any atom is -0.492 e. The molecule has 1 aromatic carbocycles. The first-order valence-corrected chi connectivity index (χ1v) is 5.18. The minimum atomic E-state index is 0.129. The van der Waals surface area contributed by atoms with Gasteiger partial charge in [-0.2, -0.15) is 0 Å². The number of carbonyl (C=O) groups is 1. The smallest absolute Gasteiger partial charge is 0.233 e. The van der Waals surface area contributed by atoms with Gasteiger partial charge < -0.3 is 4.74 Å². The van der Waals surface area contributed by atoms with Crippen LogP contribution in [-0.4, -0.2) is 34.8 Å². The van der Waals surface area contributed by atoms with Crippen molar-refractivity contribution in [3.63, 3.8) is 0 Å². The predicted molar refractivity (Wildman–Crippen MR) is 61.8 cm³/mol. The molecule has 0 spiro atoms. The standard InChI is InChI=1S/C12H12N2O3/c15-9-14(16)6-7-17-11-4-3-10-2-1-5-13-12(10)8-11/h1-5,8-9,16H,6-7H2. The Hall–Kier alpha value is -2.14. The van der Waals surface area contributed by atoms with E-state index >= 15 is 0 Å². The van der Waals surface area contributed by atoms with Crippen LogP contribution >= 0.6 is 0 Å². The Kier molecular flexibility index (Phi) is 3.52. The van der Waals surface area contributed by atoms with Gasteiger partial charge in [0.15, 0.2) is 0 Å². The van der Waals surface area contributed by atoms with Gasteiger partial charge >= 0.3 is 0 Å². The van der Waals surface area contributed by atoms with Gasteiger partial charge in [-0.15, -0.1) is 0 Å². The Morgan fingerprint density at radius 2 is 2.29 bits per heavy atom. The number of benzene rings is 1. The molecule has 0 aliphatic carbocycles. The summed E-state index contributed by atoms with van der Waals surface area (Å²) in [7, 11) is 0. The molecule has 0 fully saturated rings. The van der Waals surface area contributed by atoms with E-state index in [4.69, 9.17) is 9.94 Å². The molecule has 1 N–H and O–H groups in total. The van der Waals surface area contributed by atoms with Crippen molar-refractivity contribution in [1.29, 1.82) is 0 Å². The normalized spacial score (nSPS) is 10.2. The van der Waals surface area contributed by atoms with E-state index in [1.54, 1.807) is 6.20 Å². The molecule has 0 saturated carbocycles. The molecule has 0 bridgehead atoms. The number of hydrogen-bond donors (Lipinski definition) is 1. The number of nitrogens with zero attached hydrogens (tertiary/aromatic N) is 2. The van der Waals surface area contributed by atoms with Crippen molar-refractivity contribution in [2.24, 2.45) is 0 Å². The number of ether oxygens (including phenoxy) is 1. The largest absolute Gasteiger partial charge is 0.492 e. The number of amides is 1. The summed E-state index contributed by atoms with van der Waals surface area (Å²) in [5.74, 6) is 0.662. The van der Waals surface area contributed by atoms with Crippen LogP contribution in [-0.2, 0) is 4.79 Å². The maximum absolute atomic E-state index is 10.1. The molecule has 0 radical (unpaired) electrons. The number of pyridine rings is 1. The Labute approximate surface area is 98.2 Å². The van der Waals surface area contributed by atoms with E-state index in [2.05, 4.69) is 4.98 Å². The first-order valence-electron chi connectivity index (χ1n) is 5.18. The summed E-state index contributed by atoms with van der Waals surface area (Å²) < 4.78 is 5.39. The number of carbonyl (C=O) groups excluding carboxylic acids is 1. The summed E-state index contributed by atoms with van der Waals surface area (Å²) in [6, 6.07) is 9.39. The van der Waals surface area contributed by atoms with Crippen molar-refractivity contribution in [3.05, 3.63) is 36.5 Å². The highest BCUT2D eigenvalue weighted by molar-refractivity contribution is 5.79. The lowest BCUT2D eigenvalue weighted by atomic mass is 10.2. The molecule has 0 aliphatic rings. The van der Waals surface area contributed by atoms with E-state index in [9.17, 15) is 4.79 Å². The number of aromatic nitrogens is 1. The lowest BCUT2D eigenvalue weighted by Gasteiger charge is -2.10. The summed E-state index contributed by atoms with van der Waals surface area (Å²) in [5.41, 5.74) is 0.848. The molecule has 1 amide bonds. The second kappa shape index (κ2) is 5.27. The van der Waals surface area contributed by atoms with E-state index in [0.29, 0.717) is 17.2 Å². The number of hydrogen-bond acceptors (Lipinski definition) is 4. The summed E-state index contributed by atoms with van der Waals surface area (Å²) >= 11 is 0. The highest BCUT2D eigenvalue weighted by Crippen LogP contribution is 2.18. The fraction of sp³-hybridized carbons (Fsp3) is 0.167. The highest BCUT2D eigenvalue weighted by atomic mass is 16.5. The number of hydroxylamine groups is 2. The van der Waals surface area contributed by atoms with Crippen LogP contribution in [0, 0.1) is 0 Å². The SMILES string of the molecule is O=CN(O)CCOc1ccc2cccnc2c1. The van der Waals surface area contributed by atoms with Crippen molar-refractivity contribution in [1.82, 2.24) is 10.0 Å². The van der Waals surface area contributed by atoms with Crippen LogP contribution in [0.1, 0.15) is 0 Å². The molecule has 0 unspecified atom stereocenters. The zero-order valence-electron chi connectivity index (χ0n) is 9.11. The van der Waals surface area contributed by atoms with Crippen LogP contribution in [0.4, 0.5) is 0 Å². The monoisotopic (exact) mass is 232 g/mol. The highest BCUT2D eigenvalue weighted by Gasteiger charge is 1.99. The van der Waals surface area contributed by atoms with Crippen LogP contribution in [0.3, 0.4) is 0 Å². The van der Waals surface area contributed by atoms with Crippen LogP contribution in [0.15, 0.2) is 36.5 Å². The summed E-state index contributed by atoms with van der Waals surface area (Å²) in [4.78, 5) is 14.3. The van der Waals surface area contributed by atoms with E-state index in [-0.39, 0.29) is 13.2 Å². The molecule has 1 aromatic heterocycles. The summed E-state index contributed by atoms with van der Waals surface area (Å²) in [6.07, 6.45) is 2.05. The van der Waals surface area contributed by atoms with Gasteiger partial charge in [0.2, 0.25) is 6.41 Å². The second-order valence-electron chi connectivity index (χ2n) is 3.47. The Morgan fingerprint density at radius 3 is 3.12 bits per heavy atom. The minimum absolute atomic E-state index is 0.129. The van der Waals surface area contributed by atoms with Gasteiger partial charge in [-0.3, -0.25) is 15.0 Å². The van der Waals surface area contributed by atoms with E-state index in [1.165, 1.54) is 0 Å². The van der Waals surface area contributed by atoms with Gasteiger partial charge in [0.05, 0.1) is 12.1 Å². The van der Waals surface area contributed by atoms with E-state index < -0.39 is 0 Å². The third-order valence-corrected chi connectivity index (χ3v) is 2.29. The predicted octanol–water partition coefficient (Wildman–Crippen LogP) is 1.46. The van der Waals surface area contributed by atoms with Crippen LogP contribution < -0.4 is 4.74 Å². The molecule has 1 heterocycles. The lowest BCUT2D eigenvalue weighted by Crippen LogP contribution is -2.23. The molecular formula is C12H12N2O3. The summed E-state index contributed by atoms with van der Waals surface area (Å²) in [6.45, 7) is 0.358. The van der Waals surface area contributed by atoms with Crippen LogP contribution in [0.2, 0.25) is 0 Å². The molecule has 2 aromatic rings. The molecule has 0 atom stereocenters. The maximum Gasteiger partial charge on any atom is 0.233 e. The van der Waals surface area contributed by atoms with Crippen molar-refractivity contribution in [2.75, 3.05) is 13.2 Å². The van der Waals surface area contributed by atoms with Crippen molar-refractivity contribution in [2.45, 2.75) is 0 Å². The van der Waals surface area contributed by atoms with Gasteiger partial charge in [-0.1, -0.05) is 6.07 Å². The average molecular weight is 232 g/mol.